The summed E-state index contributed by atoms with van der Waals surface area (Å²) in [6.07, 6.45) is 13.6. The zero-order chi connectivity index (χ0) is 48.6. The van der Waals surface area contributed by atoms with Crippen molar-refractivity contribution in [1.29, 1.82) is 0 Å². The first-order valence-electron chi connectivity index (χ1n) is 24.2. The Hall–Kier alpha value is -5.62. The largest absolute Gasteiger partial charge is 0.482 e. The van der Waals surface area contributed by atoms with Crippen molar-refractivity contribution in [3.63, 3.8) is 0 Å². The summed E-state index contributed by atoms with van der Waals surface area (Å²) >= 11 is 12.5. The topological polar surface area (TPSA) is 188 Å². The Morgan fingerprint density at radius 1 is 0.899 bits per heavy atom. The number of hydrogen-bond acceptors (Lipinski definition) is 11. The number of carbonyl (C=O) groups excluding carboxylic acids is 5. The number of piperazine rings is 1. The van der Waals surface area contributed by atoms with Gasteiger partial charge in [0.1, 0.15) is 18.0 Å². The zero-order valence-electron chi connectivity index (χ0n) is 39.1. The average molecular weight is 988 g/mol. The van der Waals surface area contributed by atoms with Gasteiger partial charge in [-0.25, -0.2) is 9.37 Å². The minimum Gasteiger partial charge on any atom is -0.482 e. The lowest BCUT2D eigenvalue weighted by Crippen LogP contribution is -2.52. The minimum absolute atomic E-state index is 0.0980. The molecule has 368 valence electrons. The van der Waals surface area contributed by atoms with Crippen LogP contribution in [0, 0.1) is 5.82 Å². The molecule has 4 aliphatic heterocycles. The third-order valence-corrected chi connectivity index (χ3v) is 14.6. The molecular weight excluding hydrogens is 927 g/mol. The lowest BCUT2D eigenvalue weighted by molar-refractivity contribution is -0.137. The summed E-state index contributed by atoms with van der Waals surface area (Å²) < 4.78 is 22.2. The van der Waals surface area contributed by atoms with Gasteiger partial charge in [-0.3, -0.25) is 34.0 Å². The number of likely N-dealkylation sites (tertiary alicyclic amines) is 1. The number of halogens is 3. The van der Waals surface area contributed by atoms with E-state index in [0.717, 1.165) is 102 Å². The molecule has 4 N–H and O–H groups in total. The van der Waals surface area contributed by atoms with Gasteiger partial charge in [0.15, 0.2) is 11.6 Å². The van der Waals surface area contributed by atoms with Crippen LogP contribution in [0.5, 0.6) is 5.75 Å². The van der Waals surface area contributed by atoms with E-state index >= 15 is 0 Å². The number of nitrogens with two attached hydrogens (primary N) is 1. The number of imide groups is 1. The van der Waals surface area contributed by atoms with Gasteiger partial charge >= 0.3 is 0 Å². The molecule has 1 unspecified atom stereocenters. The Morgan fingerprint density at radius 3 is 2.35 bits per heavy atom. The van der Waals surface area contributed by atoms with Crippen LogP contribution in [0.15, 0.2) is 55.0 Å². The molecule has 3 saturated heterocycles. The average Bonchev–Trinajstić information content (AvgIpc) is 3.97. The summed E-state index contributed by atoms with van der Waals surface area (Å²) in [5.74, 6) is -1.02. The number of fused-ring (bicyclic) bond motifs is 1. The van der Waals surface area contributed by atoms with Gasteiger partial charge in [-0.2, -0.15) is 5.10 Å². The van der Waals surface area contributed by atoms with Crippen LogP contribution in [-0.2, 0) is 25.7 Å². The number of rotatable bonds is 19. The third-order valence-electron chi connectivity index (χ3n) is 13.9. The molecule has 8 rings (SSSR count). The summed E-state index contributed by atoms with van der Waals surface area (Å²) in [5, 5.41) is 10.1. The summed E-state index contributed by atoms with van der Waals surface area (Å²) in [4.78, 5) is 76.0. The van der Waals surface area contributed by atoms with E-state index in [-0.39, 0.29) is 58.5 Å². The number of carbonyl (C=O) groups is 5. The Labute approximate surface area is 412 Å². The molecule has 19 heteroatoms. The van der Waals surface area contributed by atoms with Crippen molar-refractivity contribution in [3.8, 4) is 16.9 Å². The second kappa shape index (κ2) is 22.9. The van der Waals surface area contributed by atoms with Gasteiger partial charge in [-0.15, -0.1) is 0 Å². The number of amides is 5. The van der Waals surface area contributed by atoms with E-state index < -0.39 is 23.9 Å². The minimum atomic E-state index is -0.700. The highest BCUT2D eigenvalue weighted by molar-refractivity contribution is 6.36. The maximum atomic E-state index is 14.2. The fourth-order valence-corrected chi connectivity index (χ4v) is 10.5. The molecule has 4 aromatic rings. The van der Waals surface area contributed by atoms with E-state index in [4.69, 9.17) is 33.7 Å². The molecule has 69 heavy (non-hydrogen) atoms. The van der Waals surface area contributed by atoms with Crippen LogP contribution in [-0.4, -0.2) is 122 Å². The van der Waals surface area contributed by atoms with Gasteiger partial charge in [0.25, 0.3) is 5.91 Å². The maximum absolute atomic E-state index is 14.2. The van der Waals surface area contributed by atoms with E-state index in [1.807, 2.05) is 15.8 Å². The number of unbranched alkanes of at least 4 members (excludes halogenated alkanes) is 4. The fourth-order valence-electron chi connectivity index (χ4n) is 9.84. The molecule has 2 aromatic carbocycles. The van der Waals surface area contributed by atoms with E-state index in [9.17, 15) is 28.4 Å². The molecule has 6 heterocycles. The van der Waals surface area contributed by atoms with Crippen LogP contribution >= 0.6 is 23.2 Å². The normalized spacial score (nSPS) is 18.6. The fraction of sp³-hybridized carbons (Fsp3) is 0.500. The van der Waals surface area contributed by atoms with Gasteiger partial charge < -0.3 is 35.4 Å². The summed E-state index contributed by atoms with van der Waals surface area (Å²) in [5.41, 5.74) is 9.85. The lowest BCUT2D eigenvalue weighted by Gasteiger charge is -2.34. The Bertz CT molecular complexity index is 2530. The number of benzene rings is 2. The molecular formula is C50H61Cl2FN10O6. The molecule has 2 aromatic heterocycles. The molecule has 0 saturated carbocycles. The van der Waals surface area contributed by atoms with Crippen LogP contribution in [0.1, 0.15) is 118 Å². The second-order valence-corrected chi connectivity index (χ2v) is 19.3. The van der Waals surface area contributed by atoms with Gasteiger partial charge in [0, 0.05) is 116 Å². The predicted molar refractivity (Wildman–Crippen MR) is 261 cm³/mol. The van der Waals surface area contributed by atoms with Crippen molar-refractivity contribution < 1.29 is 33.1 Å². The molecule has 0 spiro atoms. The van der Waals surface area contributed by atoms with Crippen LogP contribution in [0.3, 0.4) is 0 Å². The molecule has 0 bridgehead atoms. The smallest absolute Gasteiger partial charge is 0.255 e. The van der Waals surface area contributed by atoms with Crippen molar-refractivity contribution in [2.24, 2.45) is 0 Å². The quantitative estimate of drug-likeness (QED) is 0.0482. The highest BCUT2D eigenvalue weighted by Crippen LogP contribution is 2.38. The highest BCUT2D eigenvalue weighted by atomic mass is 35.5. The number of aromatic nitrogens is 3. The number of anilines is 2. The second-order valence-electron chi connectivity index (χ2n) is 18.5. The van der Waals surface area contributed by atoms with Crippen LogP contribution in [0.2, 0.25) is 10.0 Å². The molecule has 3 fully saturated rings. The van der Waals surface area contributed by atoms with Crippen molar-refractivity contribution in [3.05, 3.63) is 87.5 Å². The lowest BCUT2D eigenvalue weighted by atomic mass is 10.0. The first kappa shape index (κ1) is 49.8. The Morgan fingerprint density at radius 2 is 1.61 bits per heavy atom. The predicted octanol–water partition coefficient (Wildman–Crippen LogP) is 7.41. The van der Waals surface area contributed by atoms with Gasteiger partial charge in [-0.05, 0) is 95.3 Å². The Kier molecular flexibility index (Phi) is 16.5. The third kappa shape index (κ3) is 12.2. The van der Waals surface area contributed by atoms with Crippen LogP contribution in [0.4, 0.5) is 15.9 Å². The molecule has 16 nitrogen and oxygen atoms in total. The molecule has 0 radical (unpaired) electrons. The number of ether oxygens (including phenoxy) is 1. The summed E-state index contributed by atoms with van der Waals surface area (Å²) in [7, 11) is 0. The van der Waals surface area contributed by atoms with Crippen molar-refractivity contribution >= 4 is 64.2 Å². The van der Waals surface area contributed by atoms with E-state index in [2.05, 4.69) is 30.5 Å². The van der Waals surface area contributed by atoms with Crippen LogP contribution < -0.4 is 21.1 Å². The standard InChI is InChI=1S/C50H61Cl2FN10O6/c1-32(46-38(51)13-14-39(53)47(46)52)69-42-27-33(28-55-48(42)54)34-29-56-63(30-34)35-17-21-61(22-18-35)45(66)12-4-2-3-6-19-59-23-25-60(26-24-59)20-7-5-11-43(64)57-40-10-8-9-36-37(40)31-62(50(36)68)41-15-16-44(65)58-49(41)67/h8-10,13-14,27-30,32,35,41H,2-7,11-12,15-26,31H2,1H3,(H2,54,55)(H,57,64)(H,58,65,67)/t32-,41?/m1/s1. The van der Waals surface area contributed by atoms with E-state index in [1.165, 1.54) is 17.0 Å². The number of nitrogens with zero attached hydrogens (tertiary/aromatic N) is 7. The first-order valence-corrected chi connectivity index (χ1v) is 25.0. The van der Waals surface area contributed by atoms with Crippen molar-refractivity contribution in [1.82, 2.24) is 39.7 Å². The first-order chi connectivity index (χ1) is 33.3. The van der Waals surface area contributed by atoms with E-state index in [1.54, 1.807) is 43.6 Å². The van der Waals surface area contributed by atoms with Crippen molar-refractivity contribution in [2.45, 2.75) is 109 Å². The molecule has 4 aliphatic rings. The van der Waals surface area contributed by atoms with E-state index in [0.29, 0.717) is 60.5 Å². The number of nitrogen functional groups attached to an aromatic ring is 1. The number of pyridine rings is 1. The maximum Gasteiger partial charge on any atom is 0.255 e. The number of piperidine rings is 2. The van der Waals surface area contributed by atoms with Crippen LogP contribution in [0.25, 0.3) is 11.1 Å². The summed E-state index contributed by atoms with van der Waals surface area (Å²) in [6, 6.07) is 9.13. The van der Waals surface area contributed by atoms with Gasteiger partial charge in [0.2, 0.25) is 23.6 Å². The SMILES string of the molecule is C[C@@H](Oc1cc(-c2cnn(C3CCN(C(=O)CCCCCCN4CCN(CCCCC(=O)Nc5cccc6c5CN(C5CCC(=O)NC5=O)C6=O)CC4)CC3)c2)cnc1N)c1c(Cl)ccc(F)c1Cl. The van der Waals surface area contributed by atoms with Gasteiger partial charge in [0.05, 0.1) is 17.3 Å². The van der Waals surface area contributed by atoms with Crippen molar-refractivity contribution in [2.75, 3.05) is 63.4 Å². The monoisotopic (exact) mass is 986 g/mol. The summed E-state index contributed by atoms with van der Waals surface area (Å²) in [6.45, 7) is 9.41. The Balaban J connectivity index is 0.663. The number of hydrogen-bond donors (Lipinski definition) is 3. The highest BCUT2D eigenvalue weighted by Gasteiger charge is 2.40. The zero-order valence-corrected chi connectivity index (χ0v) is 40.6. The number of nitrogens with one attached hydrogen (secondary N) is 2. The molecule has 2 atom stereocenters. The molecule has 5 amide bonds. The van der Waals surface area contributed by atoms with Gasteiger partial charge in [-0.1, -0.05) is 42.1 Å². The molecule has 0 aliphatic carbocycles.